The van der Waals surface area contributed by atoms with Gasteiger partial charge in [-0.15, -0.1) is 0 Å². The first-order valence-corrected chi connectivity index (χ1v) is 15.6. The number of rotatable bonds is 31. The van der Waals surface area contributed by atoms with Crippen LogP contribution in [-0.4, -0.2) is 150 Å². The molecule has 0 saturated carbocycles. The zero-order valence-electron chi connectivity index (χ0n) is 26.9. The van der Waals surface area contributed by atoms with E-state index in [1.54, 1.807) is 0 Å². The van der Waals surface area contributed by atoms with Gasteiger partial charge in [0.2, 0.25) is 0 Å². The maximum atomic E-state index is 11.5. The minimum Gasteiger partial charge on any atom is -0.460 e. The topological polar surface area (TPSA) is 128 Å². The lowest BCUT2D eigenvalue weighted by Gasteiger charge is -2.22. The normalized spacial score (nSPS) is 15.7. The van der Waals surface area contributed by atoms with Crippen molar-refractivity contribution in [1.82, 2.24) is 0 Å². The molecule has 0 aromatic heterocycles. The van der Waals surface area contributed by atoms with Gasteiger partial charge < -0.3 is 56.8 Å². The Morgan fingerprint density at radius 3 is 1.21 bits per heavy atom. The molecule has 0 aromatic carbocycles. The first-order valence-electron chi connectivity index (χ1n) is 15.6. The number of ether oxygens (including phenoxy) is 12. The smallest absolute Gasteiger partial charge is 0.308 e. The van der Waals surface area contributed by atoms with Crippen molar-refractivity contribution in [3.05, 3.63) is 0 Å². The van der Waals surface area contributed by atoms with E-state index in [2.05, 4.69) is 0 Å². The highest BCUT2D eigenvalue weighted by atomic mass is 16.7. The summed E-state index contributed by atoms with van der Waals surface area (Å²) >= 11 is 0. The van der Waals surface area contributed by atoms with E-state index in [4.69, 9.17) is 56.8 Å². The van der Waals surface area contributed by atoms with Crippen molar-refractivity contribution >= 4 is 5.97 Å². The first-order chi connectivity index (χ1) is 21.0. The zero-order valence-corrected chi connectivity index (χ0v) is 26.9. The van der Waals surface area contributed by atoms with Gasteiger partial charge in [-0.05, 0) is 40.0 Å². The molecule has 1 fully saturated rings. The molecule has 1 aliphatic heterocycles. The number of hydrogen-bond donors (Lipinski definition) is 0. The summed E-state index contributed by atoms with van der Waals surface area (Å²) in [5.74, 6) is -0.263. The molecule has 256 valence electrons. The van der Waals surface area contributed by atoms with Crippen molar-refractivity contribution in [2.45, 2.75) is 58.3 Å². The van der Waals surface area contributed by atoms with Gasteiger partial charge in [0.05, 0.1) is 132 Å². The van der Waals surface area contributed by atoms with Gasteiger partial charge in [0.1, 0.15) is 5.60 Å². The Bertz CT molecular complexity index is 597. The molecule has 0 aliphatic carbocycles. The monoisotopic (exact) mass is 626 g/mol. The van der Waals surface area contributed by atoms with Crippen molar-refractivity contribution in [2.75, 3.05) is 132 Å². The summed E-state index contributed by atoms with van der Waals surface area (Å²) in [6.07, 6.45) is 3.42. The van der Waals surface area contributed by atoms with Crippen LogP contribution in [0.25, 0.3) is 0 Å². The van der Waals surface area contributed by atoms with E-state index >= 15 is 0 Å². The van der Waals surface area contributed by atoms with Gasteiger partial charge in [0, 0.05) is 6.61 Å². The van der Waals surface area contributed by atoms with Crippen molar-refractivity contribution < 1.29 is 61.6 Å². The van der Waals surface area contributed by atoms with Gasteiger partial charge in [0.15, 0.2) is 6.29 Å². The lowest BCUT2D eigenvalue weighted by atomic mass is 10.2. The van der Waals surface area contributed by atoms with Crippen molar-refractivity contribution in [3.63, 3.8) is 0 Å². The second-order valence-corrected chi connectivity index (χ2v) is 10.5. The van der Waals surface area contributed by atoms with E-state index in [-0.39, 0.29) is 18.7 Å². The van der Waals surface area contributed by atoms with E-state index in [0.29, 0.717) is 126 Å². The number of esters is 1. The lowest BCUT2D eigenvalue weighted by molar-refractivity contribution is -0.169. The Morgan fingerprint density at radius 2 is 0.884 bits per heavy atom. The Hall–Kier alpha value is -0.970. The molecule has 0 bridgehead atoms. The van der Waals surface area contributed by atoms with Gasteiger partial charge in [-0.1, -0.05) is 0 Å². The fourth-order valence-corrected chi connectivity index (χ4v) is 3.49. The Morgan fingerprint density at radius 1 is 0.535 bits per heavy atom. The van der Waals surface area contributed by atoms with Crippen LogP contribution in [0.1, 0.15) is 46.5 Å². The average Bonchev–Trinajstić information content (AvgIpc) is 2.97. The van der Waals surface area contributed by atoms with E-state index in [1.807, 2.05) is 20.8 Å². The summed E-state index contributed by atoms with van der Waals surface area (Å²) in [6, 6.07) is 0. The minimum absolute atomic E-state index is 0.0678. The highest BCUT2D eigenvalue weighted by molar-refractivity contribution is 5.69. The zero-order chi connectivity index (χ0) is 31.1. The second-order valence-electron chi connectivity index (χ2n) is 10.5. The molecule has 0 amide bonds. The summed E-state index contributed by atoms with van der Waals surface area (Å²) < 4.78 is 65.4. The Labute approximate surface area is 258 Å². The molecule has 13 heteroatoms. The number of hydrogen-bond acceptors (Lipinski definition) is 13. The average molecular weight is 627 g/mol. The first kappa shape index (κ1) is 40.1. The van der Waals surface area contributed by atoms with Crippen LogP contribution in [0.15, 0.2) is 0 Å². The van der Waals surface area contributed by atoms with Gasteiger partial charge in [-0.2, -0.15) is 0 Å². The summed E-state index contributed by atoms with van der Waals surface area (Å²) in [6.45, 7) is 15.6. The number of carbonyl (C=O) groups is 1. The largest absolute Gasteiger partial charge is 0.460 e. The van der Waals surface area contributed by atoms with E-state index in [9.17, 15) is 4.79 Å². The summed E-state index contributed by atoms with van der Waals surface area (Å²) in [4.78, 5) is 11.5. The molecule has 1 unspecified atom stereocenters. The molecular weight excluding hydrogens is 568 g/mol. The standard InChI is InChI=1S/C30H58O13/c1-30(2,3)43-28(31)7-9-32-10-11-33-12-13-34-14-15-35-16-17-36-18-19-37-20-21-38-22-23-39-24-25-40-26-27-42-29-6-4-5-8-41-29/h29H,4-27H2,1-3H3. The molecule has 0 N–H and O–H groups in total. The van der Waals surface area contributed by atoms with Crippen molar-refractivity contribution in [1.29, 1.82) is 0 Å². The van der Waals surface area contributed by atoms with Crippen LogP contribution >= 0.6 is 0 Å². The van der Waals surface area contributed by atoms with Crippen molar-refractivity contribution in [3.8, 4) is 0 Å². The van der Waals surface area contributed by atoms with Gasteiger partial charge in [0.25, 0.3) is 0 Å². The van der Waals surface area contributed by atoms with Crippen LogP contribution in [0.5, 0.6) is 0 Å². The summed E-state index contributed by atoms with van der Waals surface area (Å²) in [5, 5.41) is 0. The molecule has 1 heterocycles. The molecule has 0 radical (unpaired) electrons. The molecule has 1 rings (SSSR count). The van der Waals surface area contributed by atoms with Gasteiger partial charge in [-0.25, -0.2) is 0 Å². The van der Waals surface area contributed by atoms with Gasteiger partial charge in [-0.3, -0.25) is 4.79 Å². The predicted molar refractivity (Wildman–Crippen MR) is 157 cm³/mol. The summed E-state index contributed by atoms with van der Waals surface area (Å²) in [7, 11) is 0. The molecular formula is C30H58O13. The van der Waals surface area contributed by atoms with Crippen molar-refractivity contribution in [2.24, 2.45) is 0 Å². The maximum Gasteiger partial charge on any atom is 0.308 e. The fourth-order valence-electron chi connectivity index (χ4n) is 3.49. The SMILES string of the molecule is CC(C)(C)OC(=O)CCOCCOCCOCCOCCOCCOCCOCCOCCOCCOC1CCCCO1. The Balaban J connectivity index is 1.63. The quantitative estimate of drug-likeness (QED) is 0.0826. The molecule has 1 saturated heterocycles. The van der Waals surface area contributed by atoms with Crippen LogP contribution in [0, 0.1) is 0 Å². The second kappa shape index (κ2) is 29.7. The predicted octanol–water partition coefficient (Wildman–Crippen LogP) is 2.41. The molecule has 0 spiro atoms. The van der Waals surface area contributed by atoms with Crippen LogP contribution in [0.4, 0.5) is 0 Å². The van der Waals surface area contributed by atoms with E-state index in [1.165, 1.54) is 0 Å². The Kier molecular flexibility index (Phi) is 27.7. The third-order valence-corrected chi connectivity index (χ3v) is 5.52. The highest BCUT2D eigenvalue weighted by Gasteiger charge is 2.15. The van der Waals surface area contributed by atoms with Crippen LogP contribution < -0.4 is 0 Å². The lowest BCUT2D eigenvalue weighted by Crippen LogP contribution is -2.24. The van der Waals surface area contributed by atoms with E-state index < -0.39 is 5.60 Å². The maximum absolute atomic E-state index is 11.5. The third-order valence-electron chi connectivity index (χ3n) is 5.52. The van der Waals surface area contributed by atoms with Crippen LogP contribution in [-0.2, 0) is 61.6 Å². The van der Waals surface area contributed by atoms with Gasteiger partial charge >= 0.3 is 5.97 Å². The fraction of sp³-hybridized carbons (Fsp3) is 0.967. The summed E-state index contributed by atoms with van der Waals surface area (Å²) in [5.41, 5.74) is -0.471. The minimum atomic E-state index is -0.471. The molecule has 1 atom stereocenters. The number of carbonyl (C=O) groups excluding carboxylic acids is 1. The van der Waals surface area contributed by atoms with E-state index in [0.717, 1.165) is 25.9 Å². The molecule has 1 aliphatic rings. The third kappa shape index (κ3) is 30.8. The highest BCUT2D eigenvalue weighted by Crippen LogP contribution is 2.13. The molecule has 43 heavy (non-hydrogen) atoms. The molecule has 13 nitrogen and oxygen atoms in total. The van der Waals surface area contributed by atoms with Crippen LogP contribution in [0.2, 0.25) is 0 Å². The van der Waals surface area contributed by atoms with Crippen LogP contribution in [0.3, 0.4) is 0 Å². The molecule has 0 aromatic rings.